The van der Waals surface area contributed by atoms with Crippen molar-refractivity contribution in [3.05, 3.63) is 34.4 Å². The Labute approximate surface area is 94.2 Å². The Balaban J connectivity index is 2.43. The maximum atomic E-state index is 10.7. The number of amides is 1. The number of carboxylic acid groups (broad SMARTS) is 1. The summed E-state index contributed by atoms with van der Waals surface area (Å²) in [6.07, 6.45) is -1.01. The standard InChI is InChI=1S/C12H15NO3/c1-7-3-4-9-5-16-6-10(13-12(14)15)11(9)8(7)2/h3-4,10,13H,5-6H2,1-2H3,(H,14,15). The molecule has 1 aromatic rings. The molecule has 4 nitrogen and oxygen atoms in total. The summed E-state index contributed by atoms with van der Waals surface area (Å²) in [5.41, 5.74) is 4.49. The minimum absolute atomic E-state index is 0.249. The van der Waals surface area contributed by atoms with Crippen LogP contribution in [0.25, 0.3) is 0 Å². The van der Waals surface area contributed by atoms with Crippen LogP contribution in [0.15, 0.2) is 12.1 Å². The molecule has 1 aliphatic rings. The summed E-state index contributed by atoms with van der Waals surface area (Å²) in [6.45, 7) is 5.02. The molecule has 2 N–H and O–H groups in total. The molecule has 0 bridgehead atoms. The largest absolute Gasteiger partial charge is 0.465 e. The fraction of sp³-hybridized carbons (Fsp3) is 0.417. The minimum atomic E-state index is -1.01. The van der Waals surface area contributed by atoms with Gasteiger partial charge in [-0.15, -0.1) is 0 Å². The molecule has 1 unspecified atom stereocenters. The average Bonchev–Trinajstić information content (AvgIpc) is 2.23. The Bertz CT molecular complexity index is 429. The molecule has 0 aromatic heterocycles. The molecule has 16 heavy (non-hydrogen) atoms. The second-order valence-electron chi connectivity index (χ2n) is 4.10. The maximum Gasteiger partial charge on any atom is 0.405 e. The zero-order chi connectivity index (χ0) is 11.7. The van der Waals surface area contributed by atoms with Crippen molar-refractivity contribution < 1.29 is 14.6 Å². The number of aryl methyl sites for hydroxylation is 1. The Morgan fingerprint density at radius 1 is 1.50 bits per heavy atom. The molecular formula is C12H15NO3. The summed E-state index contributed by atoms with van der Waals surface area (Å²) in [5.74, 6) is 0. The monoisotopic (exact) mass is 221 g/mol. The molecule has 0 fully saturated rings. The van der Waals surface area contributed by atoms with Crippen molar-refractivity contribution in [1.82, 2.24) is 5.32 Å². The third-order valence-corrected chi connectivity index (χ3v) is 3.06. The lowest BCUT2D eigenvalue weighted by Crippen LogP contribution is -2.34. The summed E-state index contributed by atoms with van der Waals surface area (Å²) in [5, 5.41) is 11.3. The van der Waals surface area contributed by atoms with Crippen molar-refractivity contribution in [3.8, 4) is 0 Å². The summed E-state index contributed by atoms with van der Waals surface area (Å²) in [6, 6.07) is 3.80. The van der Waals surface area contributed by atoms with Crippen molar-refractivity contribution >= 4 is 6.09 Å². The fourth-order valence-electron chi connectivity index (χ4n) is 2.14. The van der Waals surface area contributed by atoms with Gasteiger partial charge in [-0.1, -0.05) is 12.1 Å². The Kier molecular flexibility index (Phi) is 2.83. The van der Waals surface area contributed by atoms with E-state index in [4.69, 9.17) is 9.84 Å². The fourth-order valence-corrected chi connectivity index (χ4v) is 2.14. The van der Waals surface area contributed by atoms with Crippen molar-refractivity contribution in [2.45, 2.75) is 26.5 Å². The number of nitrogens with one attached hydrogen (secondary N) is 1. The first kappa shape index (κ1) is 11.0. The number of benzene rings is 1. The third kappa shape index (κ3) is 1.88. The minimum Gasteiger partial charge on any atom is -0.465 e. The van der Waals surface area contributed by atoms with E-state index in [-0.39, 0.29) is 6.04 Å². The highest BCUT2D eigenvalue weighted by molar-refractivity contribution is 5.65. The molecule has 1 amide bonds. The number of rotatable bonds is 1. The van der Waals surface area contributed by atoms with Crippen LogP contribution >= 0.6 is 0 Å². The number of ether oxygens (including phenoxy) is 1. The highest BCUT2D eigenvalue weighted by atomic mass is 16.5. The van der Waals surface area contributed by atoms with Crippen LogP contribution in [0.2, 0.25) is 0 Å². The molecule has 1 heterocycles. The number of hydrogen-bond donors (Lipinski definition) is 2. The van der Waals surface area contributed by atoms with Crippen molar-refractivity contribution in [2.24, 2.45) is 0 Å². The topological polar surface area (TPSA) is 58.6 Å². The Morgan fingerprint density at radius 2 is 2.25 bits per heavy atom. The number of hydrogen-bond acceptors (Lipinski definition) is 2. The van der Waals surface area contributed by atoms with Gasteiger partial charge in [-0.05, 0) is 36.1 Å². The van der Waals surface area contributed by atoms with Crippen LogP contribution < -0.4 is 5.32 Å². The first-order chi connectivity index (χ1) is 7.59. The molecular weight excluding hydrogens is 206 g/mol. The highest BCUT2D eigenvalue weighted by Crippen LogP contribution is 2.29. The molecule has 86 valence electrons. The van der Waals surface area contributed by atoms with Gasteiger partial charge >= 0.3 is 6.09 Å². The van der Waals surface area contributed by atoms with E-state index in [0.717, 1.165) is 16.7 Å². The van der Waals surface area contributed by atoms with Crippen LogP contribution in [0, 0.1) is 13.8 Å². The van der Waals surface area contributed by atoms with Crippen LogP contribution in [0.4, 0.5) is 4.79 Å². The molecule has 0 radical (unpaired) electrons. The van der Waals surface area contributed by atoms with Crippen LogP contribution in [0.1, 0.15) is 28.3 Å². The van der Waals surface area contributed by atoms with Crippen LogP contribution in [-0.2, 0) is 11.3 Å². The van der Waals surface area contributed by atoms with Crippen molar-refractivity contribution in [2.75, 3.05) is 6.61 Å². The summed E-state index contributed by atoms with van der Waals surface area (Å²) >= 11 is 0. The summed E-state index contributed by atoms with van der Waals surface area (Å²) in [7, 11) is 0. The molecule has 0 aliphatic carbocycles. The third-order valence-electron chi connectivity index (χ3n) is 3.06. The second-order valence-corrected chi connectivity index (χ2v) is 4.10. The van der Waals surface area contributed by atoms with Crippen LogP contribution in [-0.4, -0.2) is 17.8 Å². The van der Waals surface area contributed by atoms with E-state index in [2.05, 4.69) is 5.32 Å². The van der Waals surface area contributed by atoms with Gasteiger partial charge in [-0.25, -0.2) is 4.79 Å². The normalized spacial score (nSPS) is 19.0. The molecule has 0 saturated heterocycles. The highest BCUT2D eigenvalue weighted by Gasteiger charge is 2.24. The molecule has 2 rings (SSSR count). The van der Waals surface area contributed by atoms with E-state index >= 15 is 0 Å². The first-order valence-corrected chi connectivity index (χ1v) is 5.25. The van der Waals surface area contributed by atoms with Crippen molar-refractivity contribution in [3.63, 3.8) is 0 Å². The van der Waals surface area contributed by atoms with Crippen LogP contribution in [0.3, 0.4) is 0 Å². The summed E-state index contributed by atoms with van der Waals surface area (Å²) < 4.78 is 5.38. The first-order valence-electron chi connectivity index (χ1n) is 5.25. The molecule has 0 spiro atoms. The van der Waals surface area contributed by atoms with Gasteiger partial charge in [-0.2, -0.15) is 0 Å². The lowest BCUT2D eigenvalue weighted by Gasteiger charge is -2.28. The van der Waals surface area contributed by atoms with E-state index in [1.54, 1.807) is 0 Å². The molecule has 4 heteroatoms. The van der Waals surface area contributed by atoms with Gasteiger partial charge in [-0.3, -0.25) is 0 Å². The van der Waals surface area contributed by atoms with Gasteiger partial charge in [0.1, 0.15) is 0 Å². The van der Waals surface area contributed by atoms with Crippen LogP contribution in [0.5, 0.6) is 0 Å². The molecule has 1 aromatic carbocycles. The van der Waals surface area contributed by atoms with Gasteiger partial charge in [0, 0.05) is 0 Å². The lowest BCUT2D eigenvalue weighted by molar-refractivity contribution is 0.0805. The SMILES string of the molecule is Cc1ccc2c(c1C)C(NC(=O)O)COC2. The predicted octanol–water partition coefficient (Wildman–Crippen LogP) is 2.14. The van der Waals surface area contributed by atoms with Gasteiger partial charge in [0.25, 0.3) is 0 Å². The van der Waals surface area contributed by atoms with Gasteiger partial charge in [0.05, 0.1) is 19.3 Å². The molecule has 1 atom stereocenters. The van der Waals surface area contributed by atoms with Gasteiger partial charge in [0.2, 0.25) is 0 Å². The van der Waals surface area contributed by atoms with E-state index in [0.29, 0.717) is 13.2 Å². The average molecular weight is 221 g/mol. The molecule has 0 saturated carbocycles. The number of carbonyl (C=O) groups is 1. The smallest absolute Gasteiger partial charge is 0.405 e. The summed E-state index contributed by atoms with van der Waals surface area (Å²) in [4.78, 5) is 10.7. The van der Waals surface area contributed by atoms with Crippen molar-refractivity contribution in [1.29, 1.82) is 0 Å². The Morgan fingerprint density at radius 3 is 2.94 bits per heavy atom. The number of fused-ring (bicyclic) bond motifs is 1. The second kappa shape index (κ2) is 4.14. The van der Waals surface area contributed by atoms with E-state index in [9.17, 15) is 4.79 Å². The van der Waals surface area contributed by atoms with E-state index in [1.165, 1.54) is 5.56 Å². The van der Waals surface area contributed by atoms with E-state index in [1.807, 2.05) is 26.0 Å². The van der Waals surface area contributed by atoms with E-state index < -0.39 is 6.09 Å². The van der Waals surface area contributed by atoms with Gasteiger partial charge < -0.3 is 15.2 Å². The molecule has 1 aliphatic heterocycles. The maximum absolute atomic E-state index is 10.7. The predicted molar refractivity (Wildman–Crippen MR) is 59.5 cm³/mol. The lowest BCUT2D eigenvalue weighted by atomic mass is 9.91. The van der Waals surface area contributed by atoms with Gasteiger partial charge in [0.15, 0.2) is 0 Å². The quantitative estimate of drug-likeness (QED) is 0.763. The zero-order valence-corrected chi connectivity index (χ0v) is 9.41. The Hall–Kier alpha value is -1.55. The zero-order valence-electron chi connectivity index (χ0n) is 9.41.